The number of rotatable bonds is 4. The maximum atomic E-state index is 3.85. The standard InChI is InChI=1S/C17H28N2S/c1-14(2)9-16-11-19(10-15-5-8-20-12-15)17(13-18-16)6-3-4-7-17/h5,8,12,14,16,18H,3-4,6-7,9-11,13H2,1-2H3. The maximum absolute atomic E-state index is 3.85. The summed E-state index contributed by atoms with van der Waals surface area (Å²) in [5.74, 6) is 0.785. The fraction of sp³-hybridized carbons (Fsp3) is 0.765. The molecule has 2 fully saturated rings. The van der Waals surface area contributed by atoms with Gasteiger partial charge in [0.05, 0.1) is 0 Å². The fourth-order valence-corrected chi connectivity index (χ4v) is 4.72. The van der Waals surface area contributed by atoms with E-state index in [1.807, 2.05) is 11.3 Å². The third-order valence-electron chi connectivity index (χ3n) is 5.08. The molecule has 0 bridgehead atoms. The number of hydrogen-bond donors (Lipinski definition) is 1. The Hall–Kier alpha value is -0.380. The molecular formula is C17H28N2S. The van der Waals surface area contributed by atoms with Gasteiger partial charge in [-0.05, 0) is 47.6 Å². The largest absolute Gasteiger partial charge is 0.311 e. The Labute approximate surface area is 127 Å². The number of thiophene rings is 1. The van der Waals surface area contributed by atoms with Crippen LogP contribution in [0.2, 0.25) is 0 Å². The summed E-state index contributed by atoms with van der Waals surface area (Å²) < 4.78 is 0. The van der Waals surface area contributed by atoms with Crippen LogP contribution in [0.25, 0.3) is 0 Å². The molecule has 0 radical (unpaired) electrons. The lowest BCUT2D eigenvalue weighted by atomic mass is 9.88. The zero-order chi connectivity index (χ0) is 14.0. The summed E-state index contributed by atoms with van der Waals surface area (Å²) in [4.78, 5) is 2.81. The van der Waals surface area contributed by atoms with Gasteiger partial charge in [0.2, 0.25) is 0 Å². The average molecular weight is 292 g/mol. The van der Waals surface area contributed by atoms with E-state index >= 15 is 0 Å². The van der Waals surface area contributed by atoms with Gasteiger partial charge in [-0.15, -0.1) is 0 Å². The Balaban J connectivity index is 1.72. The summed E-state index contributed by atoms with van der Waals surface area (Å²) in [7, 11) is 0. The summed E-state index contributed by atoms with van der Waals surface area (Å²) in [5, 5.41) is 8.39. The van der Waals surface area contributed by atoms with Crippen molar-refractivity contribution in [1.82, 2.24) is 10.2 Å². The Morgan fingerprint density at radius 1 is 1.40 bits per heavy atom. The van der Waals surface area contributed by atoms with Gasteiger partial charge < -0.3 is 5.32 Å². The molecule has 20 heavy (non-hydrogen) atoms. The van der Waals surface area contributed by atoms with Crippen molar-refractivity contribution in [2.75, 3.05) is 13.1 Å². The molecule has 112 valence electrons. The molecule has 1 saturated carbocycles. The van der Waals surface area contributed by atoms with E-state index in [1.54, 1.807) is 0 Å². The van der Waals surface area contributed by atoms with E-state index in [9.17, 15) is 0 Å². The second-order valence-electron chi connectivity index (χ2n) is 7.15. The summed E-state index contributed by atoms with van der Waals surface area (Å²) in [5.41, 5.74) is 1.96. The van der Waals surface area contributed by atoms with Crippen LogP contribution in [0.1, 0.15) is 51.5 Å². The molecule has 0 aromatic carbocycles. The van der Waals surface area contributed by atoms with Crippen LogP contribution in [0.4, 0.5) is 0 Å². The first kappa shape index (κ1) is 14.6. The van der Waals surface area contributed by atoms with Crippen LogP contribution in [0.5, 0.6) is 0 Å². The third-order valence-corrected chi connectivity index (χ3v) is 5.81. The van der Waals surface area contributed by atoms with Crippen LogP contribution in [0, 0.1) is 5.92 Å². The molecule has 1 aromatic rings. The average Bonchev–Trinajstić information content (AvgIpc) is 3.05. The zero-order valence-corrected chi connectivity index (χ0v) is 13.7. The van der Waals surface area contributed by atoms with Crippen LogP contribution in [0.15, 0.2) is 16.8 Å². The van der Waals surface area contributed by atoms with E-state index in [4.69, 9.17) is 0 Å². The molecule has 1 aliphatic heterocycles. The van der Waals surface area contributed by atoms with Gasteiger partial charge in [-0.3, -0.25) is 4.90 Å². The molecule has 1 saturated heterocycles. The summed E-state index contributed by atoms with van der Waals surface area (Å²) in [6.45, 7) is 8.26. The van der Waals surface area contributed by atoms with E-state index in [1.165, 1.54) is 50.8 Å². The molecule has 3 heteroatoms. The normalized spacial score (nSPS) is 26.6. The molecule has 3 rings (SSSR count). The van der Waals surface area contributed by atoms with Crippen LogP contribution >= 0.6 is 11.3 Å². The highest BCUT2D eigenvalue weighted by Crippen LogP contribution is 2.38. The monoisotopic (exact) mass is 292 g/mol. The molecule has 1 N–H and O–H groups in total. The number of hydrogen-bond acceptors (Lipinski definition) is 3. The second kappa shape index (κ2) is 6.17. The summed E-state index contributed by atoms with van der Waals surface area (Å²) >= 11 is 1.83. The maximum Gasteiger partial charge on any atom is 0.0338 e. The number of nitrogens with one attached hydrogen (secondary N) is 1. The van der Waals surface area contributed by atoms with E-state index in [0.717, 1.165) is 12.5 Å². The predicted molar refractivity (Wildman–Crippen MR) is 87.2 cm³/mol. The van der Waals surface area contributed by atoms with E-state index in [-0.39, 0.29) is 0 Å². The summed E-state index contributed by atoms with van der Waals surface area (Å²) in [6, 6.07) is 2.98. The third kappa shape index (κ3) is 3.10. The van der Waals surface area contributed by atoms with Gasteiger partial charge >= 0.3 is 0 Å². The molecule has 2 nitrogen and oxygen atoms in total. The zero-order valence-electron chi connectivity index (χ0n) is 12.9. The second-order valence-corrected chi connectivity index (χ2v) is 7.93. The van der Waals surface area contributed by atoms with Gasteiger partial charge in [-0.25, -0.2) is 0 Å². The molecule has 2 heterocycles. The topological polar surface area (TPSA) is 15.3 Å². The Morgan fingerprint density at radius 3 is 2.85 bits per heavy atom. The lowest BCUT2D eigenvalue weighted by Gasteiger charge is -2.48. The molecule has 1 unspecified atom stereocenters. The van der Waals surface area contributed by atoms with Crippen molar-refractivity contribution in [3.05, 3.63) is 22.4 Å². The highest BCUT2D eigenvalue weighted by atomic mass is 32.1. The van der Waals surface area contributed by atoms with Gasteiger partial charge in [-0.2, -0.15) is 11.3 Å². The van der Waals surface area contributed by atoms with Crippen LogP contribution in [-0.4, -0.2) is 29.6 Å². The quantitative estimate of drug-likeness (QED) is 0.906. The van der Waals surface area contributed by atoms with Crippen LogP contribution in [-0.2, 0) is 6.54 Å². The van der Waals surface area contributed by atoms with E-state index < -0.39 is 0 Å². The first-order chi connectivity index (χ1) is 9.68. The van der Waals surface area contributed by atoms with Crippen molar-refractivity contribution in [2.24, 2.45) is 5.92 Å². The van der Waals surface area contributed by atoms with Crippen molar-refractivity contribution in [3.63, 3.8) is 0 Å². The van der Waals surface area contributed by atoms with Gasteiger partial charge in [-0.1, -0.05) is 26.7 Å². The van der Waals surface area contributed by atoms with Crippen LogP contribution in [0.3, 0.4) is 0 Å². The van der Waals surface area contributed by atoms with Gasteiger partial charge in [0, 0.05) is 31.2 Å². The number of piperazine rings is 1. The molecule has 1 aromatic heterocycles. The molecular weight excluding hydrogens is 264 g/mol. The Kier molecular flexibility index (Phi) is 4.49. The predicted octanol–water partition coefficient (Wildman–Crippen LogP) is 3.88. The fourth-order valence-electron chi connectivity index (χ4n) is 4.06. The minimum atomic E-state index is 0.454. The SMILES string of the molecule is CC(C)CC1CN(Cc2ccsc2)C2(CCCC2)CN1. The van der Waals surface area contributed by atoms with Crippen molar-refractivity contribution >= 4 is 11.3 Å². The molecule has 1 aliphatic carbocycles. The highest BCUT2D eigenvalue weighted by Gasteiger charge is 2.43. The van der Waals surface area contributed by atoms with Crippen molar-refractivity contribution < 1.29 is 0 Å². The Morgan fingerprint density at radius 2 is 2.20 bits per heavy atom. The van der Waals surface area contributed by atoms with E-state index in [2.05, 4.69) is 40.9 Å². The number of nitrogens with zero attached hydrogens (tertiary/aromatic N) is 1. The van der Waals surface area contributed by atoms with Crippen LogP contribution < -0.4 is 5.32 Å². The Bertz CT molecular complexity index is 407. The van der Waals surface area contributed by atoms with Gasteiger partial charge in [0.1, 0.15) is 0 Å². The highest BCUT2D eigenvalue weighted by molar-refractivity contribution is 7.07. The molecule has 0 amide bonds. The van der Waals surface area contributed by atoms with Gasteiger partial charge in [0.25, 0.3) is 0 Å². The molecule has 1 atom stereocenters. The van der Waals surface area contributed by atoms with Crippen molar-refractivity contribution in [1.29, 1.82) is 0 Å². The van der Waals surface area contributed by atoms with Crippen molar-refractivity contribution in [3.8, 4) is 0 Å². The lowest BCUT2D eigenvalue weighted by molar-refractivity contribution is 0.0316. The smallest absolute Gasteiger partial charge is 0.0338 e. The first-order valence-electron chi connectivity index (χ1n) is 8.17. The lowest BCUT2D eigenvalue weighted by Crippen LogP contribution is -2.63. The van der Waals surface area contributed by atoms with E-state index in [0.29, 0.717) is 11.6 Å². The molecule has 2 aliphatic rings. The minimum absolute atomic E-state index is 0.454. The first-order valence-corrected chi connectivity index (χ1v) is 9.12. The molecule has 1 spiro atoms. The summed E-state index contributed by atoms with van der Waals surface area (Å²) in [6.07, 6.45) is 6.90. The van der Waals surface area contributed by atoms with Gasteiger partial charge in [0.15, 0.2) is 0 Å². The minimum Gasteiger partial charge on any atom is -0.311 e. The van der Waals surface area contributed by atoms with Crippen molar-refractivity contribution in [2.45, 2.75) is 64.1 Å².